The fraction of sp³-hybridized carbons (Fsp3) is 0.480. The largest absolute Gasteiger partial charge is 0.483 e. The summed E-state index contributed by atoms with van der Waals surface area (Å²) >= 11 is 11.0. The number of anilines is 3. The number of fused-ring (bicyclic) bond motifs is 9. The number of carbonyl (C=O) groups excluding carboxylic acids is 3. The number of amidine groups is 3. The zero-order valence-electron chi connectivity index (χ0n) is 41.6. The van der Waals surface area contributed by atoms with Crippen molar-refractivity contribution >= 4 is 112 Å². The highest BCUT2D eigenvalue weighted by molar-refractivity contribution is 9.11. The molecular formula is C50H60Br3N11O10. The normalized spacial score (nSPS) is 21.8. The molecule has 9 aliphatic rings. The van der Waals surface area contributed by atoms with Gasteiger partial charge in [-0.2, -0.15) is 15.3 Å². The van der Waals surface area contributed by atoms with Gasteiger partial charge in [-0.05, 0) is 137 Å². The van der Waals surface area contributed by atoms with Crippen molar-refractivity contribution in [1.82, 2.24) is 26.9 Å². The minimum atomic E-state index is -0.833. The molecule has 2 saturated heterocycles. The molecule has 0 bridgehead atoms. The van der Waals surface area contributed by atoms with Crippen molar-refractivity contribution in [3.05, 3.63) is 66.5 Å². The van der Waals surface area contributed by atoms with E-state index in [0.29, 0.717) is 31.7 Å². The number of carbonyl (C=O) groups is 5. The van der Waals surface area contributed by atoms with Gasteiger partial charge in [-0.1, -0.05) is 67.1 Å². The predicted octanol–water partition coefficient (Wildman–Crippen LogP) is 5.49. The average Bonchev–Trinajstić information content (AvgIpc) is 3.31. The van der Waals surface area contributed by atoms with Crippen LogP contribution in [-0.4, -0.2) is 122 Å². The van der Waals surface area contributed by atoms with E-state index in [1.54, 1.807) is 0 Å². The van der Waals surface area contributed by atoms with Gasteiger partial charge in [0.05, 0.1) is 17.1 Å². The quantitative estimate of drug-likeness (QED) is 0.161. The minimum absolute atomic E-state index is 0.0833. The molecule has 0 spiro atoms. The number of hydrogen-bond donors (Lipinski definition) is 7. The molecule has 7 N–H and O–H groups in total. The molecule has 396 valence electrons. The van der Waals surface area contributed by atoms with Crippen molar-refractivity contribution < 1.29 is 48.4 Å². The fourth-order valence-electron chi connectivity index (χ4n) is 9.36. The van der Waals surface area contributed by atoms with Gasteiger partial charge in [0.15, 0.2) is 17.5 Å². The minimum Gasteiger partial charge on any atom is -0.483 e. The highest BCUT2D eigenvalue weighted by atomic mass is 79.9. The first-order valence-corrected chi connectivity index (χ1v) is 26.9. The molecule has 1 aliphatic carbocycles. The van der Waals surface area contributed by atoms with Gasteiger partial charge >= 0.3 is 0 Å². The van der Waals surface area contributed by atoms with Gasteiger partial charge in [0.1, 0.15) is 55.2 Å². The zero-order chi connectivity index (χ0) is 53.0. The van der Waals surface area contributed by atoms with Crippen LogP contribution in [0.4, 0.5) is 17.1 Å². The Morgan fingerprint density at radius 2 is 0.824 bits per heavy atom. The second-order valence-electron chi connectivity index (χ2n) is 19.2. The summed E-state index contributed by atoms with van der Waals surface area (Å²) in [7, 11) is 0. The Bertz CT molecular complexity index is 2490. The molecule has 21 nitrogen and oxygen atoms in total. The summed E-state index contributed by atoms with van der Waals surface area (Å²) in [5.74, 6) is 4.86. The van der Waals surface area contributed by atoms with E-state index in [1.807, 2.05) is 53.7 Å². The van der Waals surface area contributed by atoms with Crippen molar-refractivity contribution in [2.24, 2.45) is 33.1 Å². The maximum Gasteiger partial charge on any atom is 0.300 e. The van der Waals surface area contributed by atoms with E-state index in [9.17, 15) is 14.4 Å². The van der Waals surface area contributed by atoms with Crippen LogP contribution in [0.25, 0.3) is 0 Å². The molecule has 0 aromatic heterocycles. The Morgan fingerprint density at radius 3 is 1.07 bits per heavy atom. The molecule has 8 heterocycles. The number of rotatable bonds is 6. The third-order valence-electron chi connectivity index (χ3n) is 13.7. The second kappa shape index (κ2) is 23.8. The summed E-state index contributed by atoms with van der Waals surface area (Å²) in [6, 6.07) is 11.6. The summed E-state index contributed by atoms with van der Waals surface area (Å²) in [4.78, 5) is 59.7. The number of nitrogens with one attached hydrogen (secondary N) is 5. The maximum absolute atomic E-state index is 11.9. The first kappa shape index (κ1) is 54.4. The maximum atomic E-state index is 11.9. The Balaban J connectivity index is 0.000000138. The van der Waals surface area contributed by atoms with Crippen LogP contribution in [0.3, 0.4) is 0 Å². The van der Waals surface area contributed by atoms with E-state index in [-0.39, 0.29) is 35.8 Å². The molecule has 3 aromatic carbocycles. The van der Waals surface area contributed by atoms with E-state index >= 15 is 0 Å². The standard InChI is InChI=1S/C16H18BrN3O2.2C15H17BrN4O2.2C2H4O2/c1-9-16(21)19-18-15-8-22-14-7-12(17)11(5-10-3-2-4-10)6-13(14)20(9)15;2*1-8-15(21)19-18-14-7-22-13-4-11(16)10(2-9-5-17-6-9)3-12(13)20(8)14;2*1-2(3)4/h6-7,9-10H,2-5,8H2,1H3,(H,19,21);2*3-4,8-9,17H,2,5-7H2,1H3,(H,19,21);2*1H3,(H,3,4). The smallest absolute Gasteiger partial charge is 0.300 e. The lowest BCUT2D eigenvalue weighted by molar-refractivity contribution is -0.135. The lowest BCUT2D eigenvalue weighted by atomic mass is 9.81. The molecule has 3 amide bonds. The summed E-state index contributed by atoms with van der Waals surface area (Å²) in [5, 5.41) is 33.8. The summed E-state index contributed by atoms with van der Waals surface area (Å²) in [5.41, 5.74) is 14.2. The number of carboxylic acids is 2. The second-order valence-corrected chi connectivity index (χ2v) is 21.8. The number of hydrogen-bond acceptors (Lipinski definition) is 16. The van der Waals surface area contributed by atoms with Crippen LogP contribution < -0.4 is 55.8 Å². The molecule has 3 unspecified atom stereocenters. The molecule has 0 radical (unpaired) electrons. The molecule has 8 aliphatic heterocycles. The van der Waals surface area contributed by atoms with Crippen molar-refractivity contribution in [2.45, 2.75) is 91.3 Å². The highest BCUT2D eigenvalue weighted by Gasteiger charge is 2.39. The fourth-order valence-corrected chi connectivity index (χ4v) is 10.8. The van der Waals surface area contributed by atoms with E-state index in [2.05, 4.69) is 108 Å². The number of hydrazone groups is 3. The monoisotopic (exact) mass is 1210 g/mol. The number of amides is 3. The molecular weight excluding hydrogens is 1150 g/mol. The molecule has 1 saturated carbocycles. The van der Waals surface area contributed by atoms with Crippen molar-refractivity contribution in [1.29, 1.82) is 0 Å². The highest BCUT2D eigenvalue weighted by Crippen LogP contribution is 2.43. The van der Waals surface area contributed by atoms with Gasteiger partial charge in [-0.15, -0.1) is 0 Å². The van der Waals surface area contributed by atoms with Gasteiger partial charge < -0.3 is 49.8 Å². The van der Waals surface area contributed by atoms with Crippen LogP contribution >= 0.6 is 47.8 Å². The van der Waals surface area contributed by atoms with Crippen molar-refractivity contribution in [3.8, 4) is 17.2 Å². The first-order chi connectivity index (χ1) is 35.4. The van der Waals surface area contributed by atoms with Gasteiger partial charge in [0.25, 0.3) is 29.7 Å². The lowest BCUT2D eigenvalue weighted by Crippen LogP contribution is -2.55. The van der Waals surface area contributed by atoms with Crippen molar-refractivity contribution in [3.63, 3.8) is 0 Å². The number of halogens is 3. The van der Waals surface area contributed by atoms with Crippen LogP contribution in [0.2, 0.25) is 0 Å². The Labute approximate surface area is 453 Å². The molecule has 3 fully saturated rings. The van der Waals surface area contributed by atoms with Gasteiger partial charge in [-0.3, -0.25) is 24.0 Å². The summed E-state index contributed by atoms with van der Waals surface area (Å²) in [6.07, 6.45) is 7.08. The number of aliphatic carboxylic acids is 2. The van der Waals surface area contributed by atoms with Crippen LogP contribution in [0.5, 0.6) is 17.2 Å². The Morgan fingerprint density at radius 1 is 0.541 bits per heavy atom. The molecule has 3 aromatic rings. The third-order valence-corrected chi connectivity index (χ3v) is 15.9. The number of benzene rings is 3. The molecule has 3 atom stereocenters. The van der Waals surface area contributed by atoms with Gasteiger partial charge in [-0.25, -0.2) is 16.3 Å². The predicted molar refractivity (Wildman–Crippen MR) is 289 cm³/mol. The van der Waals surface area contributed by atoms with Crippen LogP contribution in [0.1, 0.15) is 70.6 Å². The zero-order valence-corrected chi connectivity index (χ0v) is 46.4. The number of carboxylic acid groups (broad SMARTS) is 2. The SMILES string of the molecule is CC(=O)O.CC(=O)O.CC1C(=O)NN=C2COc3cc(Br)c(CC4CCC4)cc3N21.CC1C(=O)NN=C2COc3cc(Br)c(CC4CNC4)cc3N21.CC1C(=O)NN=C2COc3cc(Br)c(CC4CNC4)cc3N21. The van der Waals surface area contributed by atoms with Gasteiger partial charge in [0.2, 0.25) is 0 Å². The Hall–Kier alpha value is -5.82. The summed E-state index contributed by atoms with van der Waals surface area (Å²) in [6.45, 7) is 13.2. The van der Waals surface area contributed by atoms with Crippen LogP contribution in [-0.2, 0) is 43.2 Å². The van der Waals surface area contributed by atoms with E-state index in [0.717, 1.165) is 130 Å². The number of nitrogens with zero attached hydrogens (tertiary/aromatic N) is 6. The van der Waals surface area contributed by atoms with E-state index < -0.39 is 11.9 Å². The van der Waals surface area contributed by atoms with E-state index in [1.165, 1.54) is 36.0 Å². The van der Waals surface area contributed by atoms with E-state index in [4.69, 9.17) is 34.0 Å². The summed E-state index contributed by atoms with van der Waals surface area (Å²) < 4.78 is 20.6. The lowest BCUT2D eigenvalue weighted by Gasteiger charge is -2.38. The number of ether oxygens (including phenoxy) is 3. The topological polar surface area (TPSA) is 260 Å². The van der Waals surface area contributed by atoms with Gasteiger partial charge in [0, 0.05) is 27.3 Å². The third kappa shape index (κ3) is 12.5. The molecule has 24 heteroatoms. The van der Waals surface area contributed by atoms with Crippen molar-refractivity contribution in [2.75, 3.05) is 60.7 Å². The molecule has 12 rings (SSSR count). The average molecular weight is 1210 g/mol. The Kier molecular flexibility index (Phi) is 17.5. The van der Waals surface area contributed by atoms with Crippen LogP contribution in [0, 0.1) is 17.8 Å². The molecule has 74 heavy (non-hydrogen) atoms. The first-order valence-electron chi connectivity index (χ1n) is 24.5. The van der Waals surface area contributed by atoms with Crippen LogP contribution in [0.15, 0.2) is 65.1 Å².